The van der Waals surface area contributed by atoms with E-state index in [1.807, 2.05) is 13.8 Å². The fourth-order valence-corrected chi connectivity index (χ4v) is 3.88. The fraction of sp³-hybridized carbons (Fsp3) is 0.533. The van der Waals surface area contributed by atoms with E-state index in [9.17, 15) is 13.2 Å². The predicted molar refractivity (Wildman–Crippen MR) is 93.5 cm³/mol. The highest BCUT2D eigenvalue weighted by molar-refractivity contribution is 7.89. The van der Waals surface area contributed by atoms with E-state index in [1.165, 1.54) is 13.0 Å². The highest BCUT2D eigenvalue weighted by Crippen LogP contribution is 2.21. The van der Waals surface area contributed by atoms with Crippen LogP contribution >= 0.6 is 12.4 Å². The van der Waals surface area contributed by atoms with Crippen LogP contribution in [0.25, 0.3) is 0 Å². The summed E-state index contributed by atoms with van der Waals surface area (Å²) >= 11 is 0. The molecule has 0 saturated carbocycles. The fourth-order valence-electron chi connectivity index (χ4n) is 2.51. The van der Waals surface area contributed by atoms with E-state index in [2.05, 4.69) is 15.4 Å². The van der Waals surface area contributed by atoms with Gasteiger partial charge in [-0.25, -0.2) is 13.1 Å². The Morgan fingerprint density at radius 3 is 2.65 bits per heavy atom. The van der Waals surface area contributed by atoms with Gasteiger partial charge in [0.25, 0.3) is 0 Å². The number of aryl methyl sites for hydroxylation is 1. The Bertz CT molecular complexity index is 664. The number of nitrogens with one attached hydrogen (secondary N) is 3. The Balaban J connectivity index is 0.00000264. The van der Waals surface area contributed by atoms with Crippen molar-refractivity contribution in [1.82, 2.24) is 10.0 Å². The molecule has 1 aliphatic rings. The summed E-state index contributed by atoms with van der Waals surface area (Å²) in [5, 5.41) is 5.86. The van der Waals surface area contributed by atoms with Crippen LogP contribution in [0.5, 0.6) is 0 Å². The van der Waals surface area contributed by atoms with Gasteiger partial charge in [0.2, 0.25) is 15.9 Å². The number of hydrogen-bond donors (Lipinski definition) is 3. The number of anilines is 1. The number of benzene rings is 1. The van der Waals surface area contributed by atoms with E-state index < -0.39 is 10.0 Å². The van der Waals surface area contributed by atoms with Crippen molar-refractivity contribution in [3.05, 3.63) is 23.8 Å². The number of halogens is 1. The molecule has 1 heterocycles. The van der Waals surface area contributed by atoms with Crippen molar-refractivity contribution in [1.29, 1.82) is 0 Å². The van der Waals surface area contributed by atoms with Gasteiger partial charge in [-0.3, -0.25) is 4.79 Å². The molecule has 0 spiro atoms. The van der Waals surface area contributed by atoms with E-state index in [4.69, 9.17) is 0 Å². The van der Waals surface area contributed by atoms with Crippen LogP contribution < -0.4 is 15.4 Å². The van der Waals surface area contributed by atoms with Gasteiger partial charge in [0, 0.05) is 25.2 Å². The molecule has 1 fully saturated rings. The van der Waals surface area contributed by atoms with Crippen molar-refractivity contribution >= 4 is 34.0 Å². The Hall–Kier alpha value is -1.15. The zero-order chi connectivity index (χ0) is 16.3. The molecule has 23 heavy (non-hydrogen) atoms. The zero-order valence-electron chi connectivity index (χ0n) is 13.5. The number of sulfonamides is 1. The zero-order valence-corrected chi connectivity index (χ0v) is 15.2. The van der Waals surface area contributed by atoms with E-state index in [0.29, 0.717) is 12.2 Å². The van der Waals surface area contributed by atoms with Gasteiger partial charge < -0.3 is 10.6 Å². The van der Waals surface area contributed by atoms with E-state index in [1.54, 1.807) is 12.1 Å². The highest BCUT2D eigenvalue weighted by atomic mass is 35.5. The van der Waals surface area contributed by atoms with Crippen LogP contribution in [0.3, 0.4) is 0 Å². The van der Waals surface area contributed by atoms with Crippen molar-refractivity contribution < 1.29 is 13.2 Å². The maximum Gasteiger partial charge on any atom is 0.240 e. The largest absolute Gasteiger partial charge is 0.326 e. The average molecular weight is 362 g/mol. The normalized spacial score (nSPS) is 21.3. The second kappa shape index (κ2) is 8.10. The second-order valence-corrected chi connectivity index (χ2v) is 7.57. The lowest BCUT2D eigenvalue weighted by molar-refractivity contribution is -0.114. The van der Waals surface area contributed by atoms with Gasteiger partial charge in [-0.15, -0.1) is 12.4 Å². The van der Waals surface area contributed by atoms with Crippen LogP contribution in [-0.4, -0.2) is 33.5 Å². The van der Waals surface area contributed by atoms with Gasteiger partial charge in [-0.1, -0.05) is 13.0 Å². The van der Waals surface area contributed by atoms with Crippen LogP contribution in [0.1, 0.15) is 25.8 Å². The van der Waals surface area contributed by atoms with Crippen molar-refractivity contribution in [2.24, 2.45) is 5.92 Å². The van der Waals surface area contributed by atoms with Crippen LogP contribution in [-0.2, 0) is 14.8 Å². The van der Waals surface area contributed by atoms with E-state index in [-0.39, 0.29) is 35.2 Å². The first-order valence-electron chi connectivity index (χ1n) is 7.41. The van der Waals surface area contributed by atoms with Crippen molar-refractivity contribution in [2.45, 2.75) is 38.1 Å². The maximum atomic E-state index is 12.5. The lowest BCUT2D eigenvalue weighted by atomic mass is 9.96. The second-order valence-electron chi connectivity index (χ2n) is 5.86. The number of piperidine rings is 1. The minimum Gasteiger partial charge on any atom is -0.326 e. The monoisotopic (exact) mass is 361 g/mol. The topological polar surface area (TPSA) is 87.3 Å². The summed E-state index contributed by atoms with van der Waals surface area (Å²) in [5.41, 5.74) is 1.34. The van der Waals surface area contributed by atoms with Crippen LogP contribution in [0.2, 0.25) is 0 Å². The van der Waals surface area contributed by atoms with Crippen molar-refractivity contribution in [2.75, 3.05) is 18.4 Å². The standard InChI is InChI=1S/C15H23N3O3S.ClH/c1-10-4-5-13(8-14(10)17-12(3)19)22(20,21)18-15-9-16-7-6-11(15)2;/h4-5,8,11,15-16,18H,6-7,9H2,1-3H3,(H,17,19);1H. The van der Waals surface area contributed by atoms with Gasteiger partial charge in [-0.2, -0.15) is 0 Å². The molecule has 1 amide bonds. The number of hydrogen-bond acceptors (Lipinski definition) is 4. The summed E-state index contributed by atoms with van der Waals surface area (Å²) < 4.78 is 27.8. The molecule has 130 valence electrons. The summed E-state index contributed by atoms with van der Waals surface area (Å²) in [7, 11) is -3.61. The third-order valence-corrected chi connectivity index (χ3v) is 5.45. The highest BCUT2D eigenvalue weighted by Gasteiger charge is 2.27. The summed E-state index contributed by atoms with van der Waals surface area (Å²) in [6, 6.07) is 4.64. The third kappa shape index (κ3) is 5.17. The first-order valence-corrected chi connectivity index (χ1v) is 8.89. The van der Waals surface area contributed by atoms with Crippen molar-refractivity contribution in [3.63, 3.8) is 0 Å². The molecule has 2 unspecified atom stereocenters. The summed E-state index contributed by atoms with van der Waals surface area (Å²) in [5.74, 6) is 0.0620. The van der Waals surface area contributed by atoms with Crippen molar-refractivity contribution in [3.8, 4) is 0 Å². The molecule has 3 N–H and O–H groups in total. The van der Waals surface area contributed by atoms with Gasteiger partial charge in [0.15, 0.2) is 0 Å². The predicted octanol–water partition coefficient (Wildman–Crippen LogP) is 1.65. The Morgan fingerprint density at radius 1 is 1.35 bits per heavy atom. The maximum absolute atomic E-state index is 12.5. The van der Waals surface area contributed by atoms with E-state index >= 15 is 0 Å². The Morgan fingerprint density at radius 2 is 2.04 bits per heavy atom. The molecule has 1 aromatic rings. The number of amides is 1. The molecule has 0 bridgehead atoms. The van der Waals surface area contributed by atoms with Gasteiger partial charge in [0.05, 0.1) is 4.90 Å². The smallest absolute Gasteiger partial charge is 0.240 e. The molecule has 0 aliphatic carbocycles. The van der Waals surface area contributed by atoms with Gasteiger partial charge in [0.1, 0.15) is 0 Å². The molecule has 8 heteroatoms. The lowest BCUT2D eigenvalue weighted by Gasteiger charge is -2.30. The SMILES string of the molecule is CC(=O)Nc1cc(S(=O)(=O)NC2CNCCC2C)ccc1C.Cl. The number of carbonyl (C=O) groups excluding carboxylic acids is 1. The minimum absolute atomic E-state index is 0. The molecule has 1 aromatic carbocycles. The molecule has 0 radical (unpaired) electrons. The quantitative estimate of drug-likeness (QED) is 0.761. The number of rotatable bonds is 4. The molecule has 1 aliphatic heterocycles. The van der Waals surface area contributed by atoms with Gasteiger partial charge >= 0.3 is 0 Å². The average Bonchev–Trinajstić information content (AvgIpc) is 2.43. The summed E-state index contributed by atoms with van der Waals surface area (Å²) in [6.45, 7) is 6.81. The molecular formula is C15H24ClN3O3S. The van der Waals surface area contributed by atoms with E-state index in [0.717, 1.165) is 18.5 Å². The molecule has 2 atom stereocenters. The summed E-state index contributed by atoms with van der Waals surface area (Å²) in [4.78, 5) is 11.4. The lowest BCUT2D eigenvalue weighted by Crippen LogP contribution is -2.50. The third-order valence-electron chi connectivity index (χ3n) is 3.96. The van der Waals surface area contributed by atoms with Crippen LogP contribution in [0.15, 0.2) is 23.1 Å². The first kappa shape index (κ1) is 19.9. The first-order chi connectivity index (χ1) is 10.3. The molecule has 0 aromatic heterocycles. The molecule has 6 nitrogen and oxygen atoms in total. The Labute approximate surface area is 143 Å². The molecule has 2 rings (SSSR count). The summed E-state index contributed by atoms with van der Waals surface area (Å²) in [6.07, 6.45) is 0.943. The van der Waals surface area contributed by atoms with Gasteiger partial charge in [-0.05, 0) is 43.5 Å². The molecular weight excluding hydrogens is 338 g/mol. The number of carbonyl (C=O) groups is 1. The Kier molecular flexibility index (Phi) is 7.01. The molecule has 1 saturated heterocycles. The van der Waals surface area contributed by atoms with Crippen LogP contribution in [0.4, 0.5) is 5.69 Å². The van der Waals surface area contributed by atoms with Crippen LogP contribution in [0, 0.1) is 12.8 Å². The minimum atomic E-state index is -3.61.